The van der Waals surface area contributed by atoms with Crippen LogP contribution in [-0.2, 0) is 44.7 Å². The van der Waals surface area contributed by atoms with Crippen LogP contribution in [0.2, 0.25) is 0 Å². The number of rotatable bonds is 16. The van der Waals surface area contributed by atoms with Gasteiger partial charge in [-0.3, -0.25) is 19.3 Å². The largest absolute Gasteiger partial charge is 0.459 e. The van der Waals surface area contributed by atoms with Crippen molar-refractivity contribution < 1.29 is 55.7 Å². The first-order valence-electron chi connectivity index (χ1n) is 12.3. The number of hydrogen-bond acceptors (Lipinski definition) is 9. The maximum atomic E-state index is 12.7. The van der Waals surface area contributed by atoms with Crippen molar-refractivity contribution in [1.82, 2.24) is 20.9 Å². The van der Waals surface area contributed by atoms with Crippen molar-refractivity contribution in [2.24, 2.45) is 0 Å². The summed E-state index contributed by atoms with van der Waals surface area (Å²) in [5, 5.41) is 6.66. The molecular weight excluding hydrogens is 548 g/mol. The van der Waals surface area contributed by atoms with Gasteiger partial charge >= 0.3 is 19.2 Å². The molecule has 0 radical (unpaired) electrons. The normalized spacial score (nSPS) is 16.2. The summed E-state index contributed by atoms with van der Waals surface area (Å²) in [5.41, 5.74) is 0.601. The van der Waals surface area contributed by atoms with Crippen LogP contribution in [-0.4, -0.2) is 106 Å². The molecule has 0 saturated carbocycles. The van der Waals surface area contributed by atoms with E-state index in [4.69, 9.17) is 9.47 Å². The highest BCUT2D eigenvalue weighted by Gasteiger charge is 2.30. The van der Waals surface area contributed by atoms with E-state index in [1.54, 1.807) is 35.2 Å². The van der Waals surface area contributed by atoms with E-state index >= 15 is 0 Å². The van der Waals surface area contributed by atoms with Gasteiger partial charge in [-0.2, -0.15) is 17.6 Å². The van der Waals surface area contributed by atoms with Crippen LogP contribution in [0.1, 0.15) is 12.5 Å². The molecule has 3 atom stereocenters. The number of alkyl halides is 4. The van der Waals surface area contributed by atoms with Gasteiger partial charge in [0.05, 0.1) is 33.0 Å². The van der Waals surface area contributed by atoms with Gasteiger partial charge in [-0.15, -0.1) is 0 Å². The Morgan fingerprint density at radius 3 is 2.08 bits per heavy atom. The highest BCUT2D eigenvalue weighted by atomic mass is 19.3. The zero-order valence-electron chi connectivity index (χ0n) is 21.7. The molecule has 2 rings (SSSR count). The number of benzene rings is 1. The number of ether oxygens (including phenoxy) is 4. The maximum Gasteiger partial charge on any atom is 0.345 e. The van der Waals surface area contributed by atoms with E-state index in [0.717, 1.165) is 0 Å². The summed E-state index contributed by atoms with van der Waals surface area (Å²) in [7, 11) is 0. The van der Waals surface area contributed by atoms with E-state index < -0.39 is 68.3 Å². The quantitative estimate of drug-likeness (QED) is 0.182. The summed E-state index contributed by atoms with van der Waals surface area (Å²) in [6, 6.07) is 3.79. The molecule has 1 aliphatic rings. The van der Waals surface area contributed by atoms with E-state index in [9.17, 15) is 36.7 Å². The molecule has 1 aromatic carbocycles. The molecule has 0 aromatic heterocycles. The lowest BCUT2D eigenvalue weighted by Gasteiger charge is -2.27. The standard InChI is InChI=1S/C24H32F4N4O8/c1-15(20(34)31-18(14-40-24(27)28)22(36)38-12-16-5-3-2-4-6-16)29-21(35)17(13-39-23(25)26)30-19(33)11-32-7-9-37-10-8-32/h2-6,15,17-18,23-24H,7-14H2,1H3,(H,29,35)(H,30,33)(H,31,34)/t15?,17-,18-/m0/s1. The van der Waals surface area contributed by atoms with Crippen molar-refractivity contribution in [3.05, 3.63) is 35.9 Å². The Morgan fingerprint density at radius 2 is 1.48 bits per heavy atom. The number of esters is 1. The van der Waals surface area contributed by atoms with Gasteiger partial charge < -0.3 is 34.9 Å². The summed E-state index contributed by atoms with van der Waals surface area (Å²) < 4.78 is 69.0. The third kappa shape index (κ3) is 12.7. The van der Waals surface area contributed by atoms with Crippen LogP contribution in [0, 0.1) is 0 Å². The van der Waals surface area contributed by atoms with E-state index in [0.29, 0.717) is 31.9 Å². The van der Waals surface area contributed by atoms with Crippen LogP contribution in [0.5, 0.6) is 0 Å². The predicted octanol–water partition coefficient (Wildman–Crippen LogP) is 0.0147. The molecule has 1 saturated heterocycles. The van der Waals surface area contributed by atoms with Gasteiger partial charge in [0, 0.05) is 13.1 Å². The third-order valence-corrected chi connectivity index (χ3v) is 5.48. The number of carbonyl (C=O) groups excluding carboxylic acids is 4. The molecule has 0 bridgehead atoms. The van der Waals surface area contributed by atoms with Gasteiger partial charge in [-0.05, 0) is 12.5 Å². The summed E-state index contributed by atoms with van der Waals surface area (Å²) in [6.45, 7) is -5.73. The first-order valence-corrected chi connectivity index (χ1v) is 12.3. The number of carbonyl (C=O) groups is 4. The fraction of sp³-hybridized carbons (Fsp3) is 0.583. The molecule has 1 fully saturated rings. The Kier molecular flexibility index (Phi) is 14.3. The summed E-state index contributed by atoms with van der Waals surface area (Å²) in [5.74, 6) is -3.76. The molecule has 3 N–H and O–H groups in total. The fourth-order valence-electron chi connectivity index (χ4n) is 3.40. The number of morpholine rings is 1. The Balaban J connectivity index is 1.96. The molecule has 224 valence electrons. The lowest BCUT2D eigenvalue weighted by Crippen LogP contribution is -2.57. The molecule has 16 heteroatoms. The SMILES string of the molecule is CC(NC(=O)[C@H](COC(F)F)NC(=O)CN1CCOCC1)C(=O)N[C@@H](COC(F)F)C(=O)OCc1ccccc1. The Morgan fingerprint density at radius 1 is 0.875 bits per heavy atom. The number of nitrogens with one attached hydrogen (secondary N) is 3. The van der Waals surface area contributed by atoms with Gasteiger partial charge in [-0.1, -0.05) is 30.3 Å². The monoisotopic (exact) mass is 580 g/mol. The van der Waals surface area contributed by atoms with Crippen LogP contribution < -0.4 is 16.0 Å². The predicted molar refractivity (Wildman–Crippen MR) is 129 cm³/mol. The molecule has 0 spiro atoms. The zero-order valence-corrected chi connectivity index (χ0v) is 21.7. The van der Waals surface area contributed by atoms with Crippen LogP contribution in [0.15, 0.2) is 30.3 Å². The second kappa shape index (κ2) is 17.4. The zero-order chi connectivity index (χ0) is 29.5. The lowest BCUT2D eigenvalue weighted by molar-refractivity contribution is -0.161. The van der Waals surface area contributed by atoms with Crippen molar-refractivity contribution in [2.75, 3.05) is 46.1 Å². The molecule has 1 heterocycles. The van der Waals surface area contributed by atoms with E-state index in [1.807, 2.05) is 0 Å². The van der Waals surface area contributed by atoms with Gasteiger partial charge in [0.2, 0.25) is 17.7 Å². The smallest absolute Gasteiger partial charge is 0.345 e. The fourth-order valence-corrected chi connectivity index (χ4v) is 3.40. The van der Waals surface area contributed by atoms with Crippen molar-refractivity contribution in [2.45, 2.75) is 44.9 Å². The molecule has 3 amide bonds. The first kappa shape index (κ1) is 32.9. The van der Waals surface area contributed by atoms with E-state index in [1.165, 1.54) is 6.92 Å². The summed E-state index contributed by atoms with van der Waals surface area (Å²) in [4.78, 5) is 51.9. The van der Waals surface area contributed by atoms with E-state index in [-0.39, 0.29) is 13.2 Å². The minimum absolute atomic E-state index is 0.130. The van der Waals surface area contributed by atoms with Gasteiger partial charge in [0.15, 0.2) is 6.04 Å². The molecule has 40 heavy (non-hydrogen) atoms. The molecule has 1 aromatic rings. The average molecular weight is 581 g/mol. The highest BCUT2D eigenvalue weighted by molar-refractivity contribution is 5.93. The molecule has 1 unspecified atom stereocenters. The van der Waals surface area contributed by atoms with Gasteiger partial charge in [-0.25, -0.2) is 4.79 Å². The summed E-state index contributed by atoms with van der Waals surface area (Å²) in [6.07, 6.45) is 0. The Bertz CT molecular complexity index is 954. The van der Waals surface area contributed by atoms with Crippen LogP contribution in [0.25, 0.3) is 0 Å². The summed E-state index contributed by atoms with van der Waals surface area (Å²) >= 11 is 0. The van der Waals surface area contributed by atoms with Gasteiger partial charge in [0.1, 0.15) is 18.7 Å². The lowest BCUT2D eigenvalue weighted by atomic mass is 10.2. The Labute approximate surface area is 227 Å². The van der Waals surface area contributed by atoms with Crippen molar-refractivity contribution in [3.63, 3.8) is 0 Å². The topological polar surface area (TPSA) is 145 Å². The maximum absolute atomic E-state index is 12.7. The number of halogens is 4. The highest BCUT2D eigenvalue weighted by Crippen LogP contribution is 2.05. The number of hydrogen-bond donors (Lipinski definition) is 3. The van der Waals surface area contributed by atoms with Crippen LogP contribution in [0.4, 0.5) is 17.6 Å². The Hall–Kier alpha value is -3.34. The van der Waals surface area contributed by atoms with Crippen molar-refractivity contribution in [1.29, 1.82) is 0 Å². The third-order valence-electron chi connectivity index (χ3n) is 5.48. The first-order chi connectivity index (χ1) is 19.0. The second-order valence-corrected chi connectivity index (χ2v) is 8.58. The number of nitrogens with zero attached hydrogens (tertiary/aromatic N) is 1. The van der Waals surface area contributed by atoms with Crippen LogP contribution in [0.3, 0.4) is 0 Å². The van der Waals surface area contributed by atoms with E-state index in [2.05, 4.69) is 25.4 Å². The van der Waals surface area contributed by atoms with Crippen molar-refractivity contribution in [3.8, 4) is 0 Å². The minimum atomic E-state index is -3.24. The number of amides is 3. The molecule has 1 aliphatic heterocycles. The second-order valence-electron chi connectivity index (χ2n) is 8.58. The van der Waals surface area contributed by atoms with Crippen molar-refractivity contribution >= 4 is 23.7 Å². The van der Waals surface area contributed by atoms with Crippen LogP contribution >= 0.6 is 0 Å². The molecule has 0 aliphatic carbocycles. The molecule has 12 nitrogen and oxygen atoms in total. The average Bonchev–Trinajstić information content (AvgIpc) is 2.92. The minimum Gasteiger partial charge on any atom is -0.459 e. The molecular formula is C24H32F4N4O8. The van der Waals surface area contributed by atoms with Gasteiger partial charge in [0.25, 0.3) is 0 Å².